The van der Waals surface area contributed by atoms with Gasteiger partial charge in [0.2, 0.25) is 0 Å². The lowest BCUT2D eigenvalue weighted by Crippen LogP contribution is -1.97. The fraction of sp³-hybridized carbons (Fsp3) is 0.167. The van der Waals surface area contributed by atoms with Crippen molar-refractivity contribution in [1.82, 2.24) is 0 Å². The number of anilines is 1. The highest BCUT2D eigenvalue weighted by Crippen LogP contribution is 2.20. The number of carbonyl (C=O) groups is 1. The molecule has 2 nitrogen and oxygen atoms in total. The van der Waals surface area contributed by atoms with E-state index in [0.717, 1.165) is 9.88 Å². The summed E-state index contributed by atoms with van der Waals surface area (Å²) in [4.78, 5) is 11.4. The first-order valence-corrected chi connectivity index (χ1v) is 3.91. The first-order chi connectivity index (χ1) is 4.68. The van der Waals surface area contributed by atoms with Crippen LogP contribution in [0.5, 0.6) is 0 Å². The van der Waals surface area contributed by atoms with E-state index >= 15 is 0 Å². The van der Waals surface area contributed by atoms with Crippen molar-refractivity contribution in [2.45, 2.75) is 6.92 Å². The maximum Gasteiger partial charge on any atom is 0.318 e. The topological polar surface area (TPSA) is 29.1 Å². The molecule has 0 spiro atoms. The molecule has 0 fully saturated rings. The average Bonchev–Trinajstić information content (AvgIpc) is 2.13. The molecule has 0 saturated heterocycles. The van der Waals surface area contributed by atoms with E-state index in [2.05, 4.69) is 5.32 Å². The van der Waals surface area contributed by atoms with Crippen LogP contribution < -0.4 is 5.32 Å². The van der Waals surface area contributed by atoms with Gasteiger partial charge in [0.25, 0.3) is 0 Å². The van der Waals surface area contributed by atoms with Crippen LogP contribution in [-0.2, 0) is 0 Å². The monoisotopic (exact) mass is 175 g/mol. The van der Waals surface area contributed by atoms with Crippen molar-refractivity contribution < 1.29 is 4.79 Å². The lowest BCUT2D eigenvalue weighted by atomic mass is 10.5. The van der Waals surface area contributed by atoms with Gasteiger partial charge in [0.05, 0.1) is 5.00 Å². The van der Waals surface area contributed by atoms with Gasteiger partial charge >= 0.3 is 5.37 Å². The number of rotatable bonds is 1. The van der Waals surface area contributed by atoms with Crippen molar-refractivity contribution in [2.75, 3.05) is 5.32 Å². The second kappa shape index (κ2) is 3.03. The second-order valence-corrected chi connectivity index (χ2v) is 3.44. The second-order valence-electron chi connectivity index (χ2n) is 1.81. The molecule has 0 aliphatic carbocycles. The molecule has 1 heterocycles. The van der Waals surface area contributed by atoms with Crippen LogP contribution in [0.2, 0.25) is 0 Å². The molecule has 10 heavy (non-hydrogen) atoms. The largest absolute Gasteiger partial charge is 0.318 e. The van der Waals surface area contributed by atoms with E-state index in [1.807, 2.05) is 19.1 Å². The normalized spacial score (nSPS) is 9.40. The molecule has 1 aromatic heterocycles. The van der Waals surface area contributed by atoms with Crippen molar-refractivity contribution in [3.63, 3.8) is 0 Å². The molecule has 1 rings (SSSR count). The number of hydrogen-bond acceptors (Lipinski definition) is 2. The summed E-state index contributed by atoms with van der Waals surface area (Å²) in [6, 6.07) is 3.74. The van der Waals surface area contributed by atoms with E-state index < -0.39 is 5.37 Å². The van der Waals surface area contributed by atoms with Crippen LogP contribution in [-0.4, -0.2) is 5.37 Å². The highest BCUT2D eigenvalue weighted by Gasteiger charge is 1.97. The molecule has 1 aromatic rings. The van der Waals surface area contributed by atoms with Crippen molar-refractivity contribution in [3.05, 3.63) is 17.0 Å². The fourth-order valence-electron chi connectivity index (χ4n) is 0.599. The molecule has 0 atom stereocenters. The SMILES string of the molecule is Cc1ccc(NC(=O)Cl)s1. The van der Waals surface area contributed by atoms with E-state index in [1.54, 1.807) is 0 Å². The van der Waals surface area contributed by atoms with E-state index in [4.69, 9.17) is 11.6 Å². The molecule has 0 unspecified atom stereocenters. The van der Waals surface area contributed by atoms with Crippen LogP contribution in [0.25, 0.3) is 0 Å². The van der Waals surface area contributed by atoms with Gasteiger partial charge in [-0.15, -0.1) is 11.3 Å². The van der Waals surface area contributed by atoms with E-state index in [1.165, 1.54) is 11.3 Å². The van der Waals surface area contributed by atoms with Crippen LogP contribution >= 0.6 is 22.9 Å². The van der Waals surface area contributed by atoms with Crippen molar-refractivity contribution >= 4 is 33.3 Å². The predicted molar refractivity (Wildman–Crippen MR) is 43.9 cm³/mol. The number of aryl methyl sites for hydroxylation is 1. The van der Waals surface area contributed by atoms with E-state index in [-0.39, 0.29) is 0 Å². The van der Waals surface area contributed by atoms with Crippen LogP contribution in [0.3, 0.4) is 0 Å². The van der Waals surface area contributed by atoms with Crippen LogP contribution in [0, 0.1) is 6.92 Å². The molecule has 1 amide bonds. The van der Waals surface area contributed by atoms with E-state index in [0.29, 0.717) is 0 Å². The van der Waals surface area contributed by atoms with Crippen LogP contribution in [0.1, 0.15) is 4.88 Å². The molecular weight excluding hydrogens is 170 g/mol. The van der Waals surface area contributed by atoms with Gasteiger partial charge in [0, 0.05) is 4.88 Å². The third-order valence-electron chi connectivity index (χ3n) is 0.962. The van der Waals surface area contributed by atoms with Crippen molar-refractivity contribution in [3.8, 4) is 0 Å². The molecule has 54 valence electrons. The Hall–Kier alpha value is -0.540. The lowest BCUT2D eigenvalue weighted by molar-refractivity contribution is 0.269. The summed E-state index contributed by atoms with van der Waals surface area (Å²) in [5.41, 5.74) is 0. The maximum atomic E-state index is 10.3. The van der Waals surface area contributed by atoms with Crippen molar-refractivity contribution in [2.24, 2.45) is 0 Å². The van der Waals surface area contributed by atoms with Gasteiger partial charge in [-0.3, -0.25) is 4.79 Å². The summed E-state index contributed by atoms with van der Waals surface area (Å²) in [5.74, 6) is 0. The third-order valence-corrected chi connectivity index (χ3v) is 1.97. The minimum absolute atomic E-state index is 0.540. The lowest BCUT2D eigenvalue weighted by Gasteiger charge is -1.91. The Morgan fingerprint density at radius 2 is 2.40 bits per heavy atom. The number of hydrogen-bond donors (Lipinski definition) is 1. The number of carbonyl (C=O) groups excluding carboxylic acids is 1. The van der Waals surface area contributed by atoms with Gasteiger partial charge in [0.15, 0.2) is 0 Å². The summed E-state index contributed by atoms with van der Waals surface area (Å²) in [6.07, 6.45) is 0. The zero-order chi connectivity index (χ0) is 7.56. The molecular formula is C6H6ClNOS. The van der Waals surface area contributed by atoms with Gasteiger partial charge in [-0.25, -0.2) is 0 Å². The van der Waals surface area contributed by atoms with Crippen LogP contribution in [0.15, 0.2) is 12.1 Å². The summed E-state index contributed by atoms with van der Waals surface area (Å²) < 4.78 is 0. The van der Waals surface area contributed by atoms with Gasteiger partial charge in [-0.2, -0.15) is 0 Å². The smallest absolute Gasteiger partial charge is 0.304 e. The van der Waals surface area contributed by atoms with Gasteiger partial charge in [-0.1, -0.05) is 0 Å². The first kappa shape index (κ1) is 7.57. The van der Waals surface area contributed by atoms with E-state index in [9.17, 15) is 4.79 Å². The molecule has 0 saturated carbocycles. The fourth-order valence-corrected chi connectivity index (χ4v) is 1.52. The Morgan fingerprint density at radius 1 is 1.70 bits per heavy atom. The van der Waals surface area contributed by atoms with Gasteiger partial charge in [-0.05, 0) is 30.7 Å². The first-order valence-electron chi connectivity index (χ1n) is 2.71. The molecule has 4 heteroatoms. The van der Waals surface area contributed by atoms with Gasteiger partial charge < -0.3 is 5.32 Å². The summed E-state index contributed by atoms with van der Waals surface area (Å²) in [7, 11) is 0. The number of halogens is 1. The van der Waals surface area contributed by atoms with Crippen LogP contribution in [0.4, 0.5) is 9.80 Å². The van der Waals surface area contributed by atoms with Crippen molar-refractivity contribution in [1.29, 1.82) is 0 Å². The number of amides is 1. The quantitative estimate of drug-likeness (QED) is 0.516. The maximum absolute atomic E-state index is 10.3. The Labute approximate surface area is 67.8 Å². The Bertz CT molecular complexity index is 246. The number of nitrogens with one attached hydrogen (secondary N) is 1. The minimum Gasteiger partial charge on any atom is -0.304 e. The Kier molecular flexibility index (Phi) is 2.29. The molecule has 0 radical (unpaired) electrons. The zero-order valence-electron chi connectivity index (χ0n) is 5.35. The summed E-state index contributed by atoms with van der Waals surface area (Å²) in [5, 5.41) is 2.72. The standard InChI is InChI=1S/C6H6ClNOS/c1-4-2-3-5(10-4)8-6(7)9/h2-3H,1H3,(H,8,9). The summed E-state index contributed by atoms with van der Waals surface area (Å²) >= 11 is 6.58. The molecule has 0 aliphatic rings. The third kappa shape index (κ3) is 2.01. The zero-order valence-corrected chi connectivity index (χ0v) is 6.92. The van der Waals surface area contributed by atoms with Gasteiger partial charge in [0.1, 0.15) is 0 Å². The highest BCUT2D eigenvalue weighted by atomic mass is 35.5. The summed E-state index contributed by atoms with van der Waals surface area (Å²) in [6.45, 7) is 1.97. The number of thiophene rings is 1. The minimum atomic E-state index is -0.540. The Balaban J connectivity index is 2.67. The molecule has 0 aromatic carbocycles. The molecule has 0 aliphatic heterocycles. The predicted octanol–water partition coefficient (Wildman–Crippen LogP) is 2.83. The highest BCUT2D eigenvalue weighted by molar-refractivity contribution is 7.16. The Morgan fingerprint density at radius 3 is 2.80 bits per heavy atom. The molecule has 1 N–H and O–H groups in total. The molecule has 0 bridgehead atoms. The average molecular weight is 176 g/mol.